The molecule has 150 valence electrons. The number of nitrogens with one attached hydrogen (secondary N) is 1. The van der Waals surface area contributed by atoms with Crippen molar-refractivity contribution in [2.75, 3.05) is 7.11 Å². The van der Waals surface area contributed by atoms with Crippen LogP contribution in [-0.2, 0) is 23.9 Å². The zero-order chi connectivity index (χ0) is 20.6. The van der Waals surface area contributed by atoms with E-state index in [0.717, 1.165) is 10.6 Å². The molecule has 1 N–H and O–H groups in total. The molecule has 0 amide bonds. The Labute approximate surface area is 168 Å². The molecule has 0 radical (unpaired) electrons. The summed E-state index contributed by atoms with van der Waals surface area (Å²) in [5, 5.41) is 5.15. The molecule has 1 aromatic rings. The standard InChI is InChI=1S/C21H25NO5S/c1-10(2)27-21(25)16-12(4)22-13-9-11(3)15(20(24)26-5)19(23)17(13)18(16)14-7-6-8-28-14/h6-8,10-11,15,18,22H,9H2,1-5H3/t11-,15+,18+/m0/s1. The summed E-state index contributed by atoms with van der Waals surface area (Å²) in [4.78, 5) is 39.5. The van der Waals surface area contributed by atoms with Gasteiger partial charge in [0.15, 0.2) is 5.78 Å². The number of rotatable bonds is 4. The molecule has 0 unspecified atom stereocenters. The van der Waals surface area contributed by atoms with Gasteiger partial charge < -0.3 is 14.8 Å². The summed E-state index contributed by atoms with van der Waals surface area (Å²) < 4.78 is 10.3. The van der Waals surface area contributed by atoms with Gasteiger partial charge >= 0.3 is 11.9 Å². The summed E-state index contributed by atoms with van der Waals surface area (Å²) >= 11 is 1.47. The maximum atomic E-state index is 13.4. The van der Waals surface area contributed by atoms with E-state index in [1.807, 2.05) is 31.4 Å². The van der Waals surface area contributed by atoms with Crippen LogP contribution in [0, 0.1) is 11.8 Å². The first kappa shape index (κ1) is 20.3. The number of hydrogen-bond acceptors (Lipinski definition) is 7. The van der Waals surface area contributed by atoms with Gasteiger partial charge in [0.25, 0.3) is 0 Å². The van der Waals surface area contributed by atoms with Gasteiger partial charge in [0.05, 0.1) is 24.7 Å². The molecule has 3 rings (SSSR count). The van der Waals surface area contributed by atoms with Gasteiger partial charge in [-0.25, -0.2) is 4.79 Å². The summed E-state index contributed by atoms with van der Waals surface area (Å²) in [6, 6.07) is 3.79. The monoisotopic (exact) mass is 403 g/mol. The minimum atomic E-state index is -0.867. The minimum absolute atomic E-state index is 0.188. The first-order chi connectivity index (χ1) is 13.3. The zero-order valence-corrected chi connectivity index (χ0v) is 17.5. The molecule has 0 bridgehead atoms. The topological polar surface area (TPSA) is 81.7 Å². The fraction of sp³-hybridized carbons (Fsp3) is 0.476. The van der Waals surface area contributed by atoms with Crippen molar-refractivity contribution < 1.29 is 23.9 Å². The van der Waals surface area contributed by atoms with E-state index in [4.69, 9.17) is 9.47 Å². The first-order valence-corrected chi connectivity index (χ1v) is 10.2. The molecule has 2 aliphatic rings. The number of methoxy groups -OCH3 is 1. The predicted molar refractivity (Wildman–Crippen MR) is 105 cm³/mol. The van der Waals surface area contributed by atoms with Crippen LogP contribution in [0.1, 0.15) is 44.9 Å². The molecule has 3 atom stereocenters. The van der Waals surface area contributed by atoms with Crippen LogP contribution in [0.25, 0.3) is 0 Å². The summed E-state index contributed by atoms with van der Waals surface area (Å²) in [7, 11) is 1.29. The number of allylic oxidation sites excluding steroid dienone is 3. The molecule has 1 aromatic heterocycles. The molecule has 0 aromatic carbocycles. The highest BCUT2D eigenvalue weighted by molar-refractivity contribution is 7.10. The molecule has 0 saturated heterocycles. The average molecular weight is 404 g/mol. The normalized spacial score (nSPS) is 24.8. The van der Waals surface area contributed by atoms with E-state index < -0.39 is 23.8 Å². The Morgan fingerprint density at radius 3 is 2.61 bits per heavy atom. The van der Waals surface area contributed by atoms with Crippen LogP contribution in [0.2, 0.25) is 0 Å². The number of ether oxygens (including phenoxy) is 2. The molecule has 2 heterocycles. The smallest absolute Gasteiger partial charge is 0.337 e. The molecule has 7 heteroatoms. The van der Waals surface area contributed by atoms with Gasteiger partial charge in [0.2, 0.25) is 0 Å². The van der Waals surface area contributed by atoms with Gasteiger partial charge in [-0.2, -0.15) is 0 Å². The van der Waals surface area contributed by atoms with E-state index in [-0.39, 0.29) is 17.8 Å². The van der Waals surface area contributed by atoms with Gasteiger partial charge in [0.1, 0.15) is 5.92 Å². The highest BCUT2D eigenvalue weighted by Crippen LogP contribution is 2.46. The molecule has 0 fully saturated rings. The van der Waals surface area contributed by atoms with Gasteiger partial charge in [-0.1, -0.05) is 13.0 Å². The predicted octanol–water partition coefficient (Wildman–Crippen LogP) is 3.31. The highest BCUT2D eigenvalue weighted by Gasteiger charge is 2.47. The lowest BCUT2D eigenvalue weighted by Gasteiger charge is -2.37. The van der Waals surface area contributed by atoms with Crippen molar-refractivity contribution >= 4 is 29.1 Å². The van der Waals surface area contributed by atoms with Crippen LogP contribution in [0.4, 0.5) is 0 Å². The number of carbonyl (C=O) groups excluding carboxylic acids is 3. The van der Waals surface area contributed by atoms with Gasteiger partial charge in [-0.05, 0) is 44.6 Å². The second kappa shape index (κ2) is 7.91. The van der Waals surface area contributed by atoms with Crippen molar-refractivity contribution in [3.05, 3.63) is 44.9 Å². The number of Topliss-reactive ketones (excluding diaryl/α,β-unsaturated/α-hetero) is 1. The molecular formula is C21H25NO5S. The number of esters is 2. The van der Waals surface area contributed by atoms with Gasteiger partial charge in [-0.3, -0.25) is 9.59 Å². The maximum absolute atomic E-state index is 13.4. The summed E-state index contributed by atoms with van der Waals surface area (Å²) in [6.07, 6.45) is 0.254. The van der Waals surface area contributed by atoms with Crippen LogP contribution >= 0.6 is 11.3 Å². The SMILES string of the molecule is COC(=O)[C@H]1C(=O)C2=C(C[C@@H]1C)NC(C)=C(C(=O)OC(C)C)[C@H]2c1cccs1. The second-order valence-corrected chi connectivity index (χ2v) is 8.48. The van der Waals surface area contributed by atoms with Crippen molar-refractivity contribution in [1.82, 2.24) is 5.32 Å². The average Bonchev–Trinajstić information content (AvgIpc) is 3.13. The Hall–Kier alpha value is -2.41. The third-order valence-corrected chi connectivity index (χ3v) is 6.07. The van der Waals surface area contributed by atoms with Gasteiger partial charge in [-0.15, -0.1) is 11.3 Å². The first-order valence-electron chi connectivity index (χ1n) is 9.33. The Morgan fingerprint density at radius 2 is 2.04 bits per heavy atom. The molecule has 1 aliphatic carbocycles. The Kier molecular flexibility index (Phi) is 5.74. The second-order valence-electron chi connectivity index (χ2n) is 7.50. The van der Waals surface area contributed by atoms with Crippen LogP contribution in [0.3, 0.4) is 0 Å². The molecule has 6 nitrogen and oxygen atoms in total. The van der Waals surface area contributed by atoms with E-state index in [9.17, 15) is 14.4 Å². The van der Waals surface area contributed by atoms with E-state index in [0.29, 0.717) is 23.3 Å². The minimum Gasteiger partial charge on any atom is -0.468 e. The van der Waals surface area contributed by atoms with Crippen molar-refractivity contribution in [3.63, 3.8) is 0 Å². The molecule has 1 aliphatic heterocycles. The van der Waals surface area contributed by atoms with Crippen molar-refractivity contribution in [1.29, 1.82) is 0 Å². The Morgan fingerprint density at radius 1 is 1.32 bits per heavy atom. The van der Waals surface area contributed by atoms with E-state index in [1.165, 1.54) is 18.4 Å². The fourth-order valence-corrected chi connectivity index (χ4v) is 4.81. The molecular weight excluding hydrogens is 378 g/mol. The number of thiophene rings is 1. The maximum Gasteiger partial charge on any atom is 0.337 e. The molecule has 0 spiro atoms. The van der Waals surface area contributed by atoms with E-state index in [1.54, 1.807) is 13.8 Å². The van der Waals surface area contributed by atoms with Crippen LogP contribution in [0.5, 0.6) is 0 Å². The Bertz CT molecular complexity index is 865. The van der Waals surface area contributed by atoms with Crippen LogP contribution < -0.4 is 5.32 Å². The number of ketones is 1. The number of carbonyl (C=O) groups is 3. The van der Waals surface area contributed by atoms with E-state index in [2.05, 4.69) is 5.32 Å². The van der Waals surface area contributed by atoms with Crippen molar-refractivity contribution in [2.24, 2.45) is 11.8 Å². The van der Waals surface area contributed by atoms with Crippen molar-refractivity contribution in [2.45, 2.75) is 46.1 Å². The van der Waals surface area contributed by atoms with Crippen LogP contribution in [-0.4, -0.2) is 30.9 Å². The molecule has 0 saturated carbocycles. The number of dihydropyridines is 1. The van der Waals surface area contributed by atoms with Crippen LogP contribution in [0.15, 0.2) is 40.1 Å². The summed E-state index contributed by atoms with van der Waals surface area (Å²) in [5.41, 5.74) is 2.34. The zero-order valence-electron chi connectivity index (χ0n) is 16.7. The highest BCUT2D eigenvalue weighted by atomic mass is 32.1. The lowest BCUT2D eigenvalue weighted by Crippen LogP contribution is -2.43. The lowest BCUT2D eigenvalue weighted by molar-refractivity contribution is -0.151. The Balaban J connectivity index is 2.13. The fourth-order valence-electron chi connectivity index (χ4n) is 3.97. The quantitative estimate of drug-likeness (QED) is 0.614. The molecule has 28 heavy (non-hydrogen) atoms. The van der Waals surface area contributed by atoms with Crippen molar-refractivity contribution in [3.8, 4) is 0 Å². The third kappa shape index (κ3) is 3.51. The third-order valence-electron chi connectivity index (χ3n) is 5.13. The largest absolute Gasteiger partial charge is 0.468 e. The lowest BCUT2D eigenvalue weighted by atomic mass is 9.70. The number of hydrogen-bond donors (Lipinski definition) is 1. The summed E-state index contributed by atoms with van der Waals surface area (Å²) in [6.45, 7) is 7.26. The van der Waals surface area contributed by atoms with E-state index >= 15 is 0 Å². The summed E-state index contributed by atoms with van der Waals surface area (Å²) in [5.74, 6) is -2.87. The van der Waals surface area contributed by atoms with Gasteiger partial charge in [0, 0.05) is 21.8 Å².